The average Bonchev–Trinajstić information content (AvgIpc) is 2.76. The quantitative estimate of drug-likeness (QED) is 0.888. The predicted molar refractivity (Wildman–Crippen MR) is 73.8 cm³/mol. The van der Waals surface area contributed by atoms with Gasteiger partial charge in [-0.3, -0.25) is 0 Å². The Labute approximate surface area is 115 Å². The summed E-state index contributed by atoms with van der Waals surface area (Å²) in [7, 11) is 0. The first kappa shape index (κ1) is 14.5. The maximum Gasteiger partial charge on any atom is 0.229 e. The molecule has 0 amide bonds. The Morgan fingerprint density at radius 1 is 1.37 bits per heavy atom. The summed E-state index contributed by atoms with van der Waals surface area (Å²) in [5.41, 5.74) is 0. The molecular formula is C15H26N2O2. The van der Waals surface area contributed by atoms with Crippen LogP contribution in [0.4, 0.5) is 0 Å². The van der Waals surface area contributed by atoms with E-state index in [2.05, 4.69) is 30.9 Å². The van der Waals surface area contributed by atoms with E-state index in [0.29, 0.717) is 24.1 Å². The van der Waals surface area contributed by atoms with E-state index >= 15 is 0 Å². The number of hydrogen-bond donors (Lipinski definition) is 1. The lowest BCUT2D eigenvalue weighted by atomic mass is 9.82. The third-order valence-corrected chi connectivity index (χ3v) is 3.94. The predicted octanol–water partition coefficient (Wildman–Crippen LogP) is 3.31. The van der Waals surface area contributed by atoms with Gasteiger partial charge >= 0.3 is 0 Å². The van der Waals surface area contributed by atoms with Gasteiger partial charge in [-0.2, -0.15) is 4.98 Å². The van der Waals surface area contributed by atoms with Crippen molar-refractivity contribution in [2.75, 3.05) is 0 Å². The molecule has 108 valence electrons. The van der Waals surface area contributed by atoms with E-state index < -0.39 is 0 Å². The summed E-state index contributed by atoms with van der Waals surface area (Å²) in [5.74, 6) is 3.12. The van der Waals surface area contributed by atoms with E-state index in [1.807, 2.05) is 0 Å². The fourth-order valence-electron chi connectivity index (χ4n) is 3.01. The third-order valence-electron chi connectivity index (χ3n) is 3.94. The van der Waals surface area contributed by atoms with Crippen LogP contribution in [-0.4, -0.2) is 21.4 Å². The van der Waals surface area contributed by atoms with Gasteiger partial charge in [-0.1, -0.05) is 38.8 Å². The van der Waals surface area contributed by atoms with E-state index in [1.54, 1.807) is 0 Å². The van der Waals surface area contributed by atoms with Crippen molar-refractivity contribution < 1.29 is 9.63 Å². The zero-order valence-corrected chi connectivity index (χ0v) is 12.3. The molecule has 1 fully saturated rings. The summed E-state index contributed by atoms with van der Waals surface area (Å²) in [4.78, 5) is 4.48. The zero-order chi connectivity index (χ0) is 13.8. The van der Waals surface area contributed by atoms with Crippen molar-refractivity contribution >= 4 is 0 Å². The van der Waals surface area contributed by atoms with E-state index in [1.165, 1.54) is 12.8 Å². The second-order valence-corrected chi connectivity index (χ2v) is 6.50. The third kappa shape index (κ3) is 4.30. The van der Waals surface area contributed by atoms with Crippen LogP contribution >= 0.6 is 0 Å². The van der Waals surface area contributed by atoms with Gasteiger partial charge in [0.25, 0.3) is 0 Å². The van der Waals surface area contributed by atoms with Crippen LogP contribution in [0.15, 0.2) is 4.52 Å². The number of rotatable bonds is 5. The smallest absolute Gasteiger partial charge is 0.229 e. The molecule has 1 aromatic heterocycles. The highest BCUT2D eigenvalue weighted by molar-refractivity contribution is 4.98. The van der Waals surface area contributed by atoms with Crippen LogP contribution in [0.25, 0.3) is 0 Å². The van der Waals surface area contributed by atoms with Crippen LogP contribution in [0.1, 0.15) is 70.5 Å². The van der Waals surface area contributed by atoms with Gasteiger partial charge in [0.2, 0.25) is 5.89 Å². The number of hydrogen-bond acceptors (Lipinski definition) is 4. The molecule has 1 heterocycles. The molecule has 0 aromatic carbocycles. The molecule has 0 saturated heterocycles. The largest absolute Gasteiger partial charge is 0.393 e. The summed E-state index contributed by atoms with van der Waals surface area (Å²) in [6.07, 6.45) is 5.77. The first-order valence-electron chi connectivity index (χ1n) is 7.55. The molecule has 1 aliphatic rings. The first-order valence-corrected chi connectivity index (χ1v) is 7.55. The van der Waals surface area contributed by atoms with Gasteiger partial charge in [-0.15, -0.1) is 0 Å². The Bertz CT molecular complexity index is 389. The van der Waals surface area contributed by atoms with Gasteiger partial charge in [-0.25, -0.2) is 0 Å². The van der Waals surface area contributed by atoms with Crippen LogP contribution < -0.4 is 0 Å². The number of nitrogens with zero attached hydrogens (tertiary/aromatic N) is 2. The standard InChI is InChI=1S/C15H26N2O2/c1-10(2)7-13(18)9-14-16-15(17-19-14)12-6-4-5-11(3)8-12/h10-13,18H,4-9H2,1-3H3. The van der Waals surface area contributed by atoms with Gasteiger partial charge < -0.3 is 9.63 Å². The van der Waals surface area contributed by atoms with Crippen molar-refractivity contribution in [1.82, 2.24) is 10.1 Å². The zero-order valence-electron chi connectivity index (χ0n) is 12.3. The highest BCUT2D eigenvalue weighted by Gasteiger charge is 2.25. The summed E-state index contributed by atoms with van der Waals surface area (Å²) in [6.45, 7) is 6.50. The van der Waals surface area contributed by atoms with Crippen LogP contribution in [0.3, 0.4) is 0 Å². The molecule has 3 atom stereocenters. The maximum absolute atomic E-state index is 9.91. The minimum Gasteiger partial charge on any atom is -0.393 e. The molecule has 3 unspecified atom stereocenters. The topological polar surface area (TPSA) is 59.2 Å². The molecule has 0 radical (unpaired) electrons. The molecule has 0 aliphatic heterocycles. The molecule has 0 spiro atoms. The molecule has 4 nitrogen and oxygen atoms in total. The summed E-state index contributed by atoms with van der Waals surface area (Å²) >= 11 is 0. The normalized spacial score (nSPS) is 25.7. The lowest BCUT2D eigenvalue weighted by Gasteiger charge is -2.23. The Morgan fingerprint density at radius 3 is 2.84 bits per heavy atom. The van der Waals surface area contributed by atoms with E-state index in [9.17, 15) is 5.11 Å². The Kier molecular flexibility index (Phi) is 4.97. The molecular weight excluding hydrogens is 240 g/mol. The Morgan fingerprint density at radius 2 is 2.16 bits per heavy atom. The van der Waals surface area contributed by atoms with Crippen molar-refractivity contribution in [2.45, 2.75) is 71.3 Å². The Balaban J connectivity index is 1.91. The minimum atomic E-state index is -0.376. The fourth-order valence-corrected chi connectivity index (χ4v) is 3.01. The van der Waals surface area contributed by atoms with Gasteiger partial charge in [-0.05, 0) is 31.1 Å². The summed E-state index contributed by atoms with van der Waals surface area (Å²) in [5, 5.41) is 14.0. The van der Waals surface area contributed by atoms with Crippen LogP contribution in [-0.2, 0) is 6.42 Å². The molecule has 1 aliphatic carbocycles. The molecule has 1 aromatic rings. The molecule has 2 rings (SSSR count). The number of aliphatic hydroxyl groups is 1. The molecule has 4 heteroatoms. The number of aromatic nitrogens is 2. The summed E-state index contributed by atoms with van der Waals surface area (Å²) < 4.78 is 5.28. The van der Waals surface area contributed by atoms with Crippen molar-refractivity contribution in [3.63, 3.8) is 0 Å². The Hall–Kier alpha value is -0.900. The minimum absolute atomic E-state index is 0.376. The number of aliphatic hydroxyl groups excluding tert-OH is 1. The molecule has 1 saturated carbocycles. The highest BCUT2D eigenvalue weighted by Crippen LogP contribution is 2.34. The van der Waals surface area contributed by atoms with Gasteiger partial charge in [0, 0.05) is 5.92 Å². The van der Waals surface area contributed by atoms with Crippen molar-refractivity contribution in [3.8, 4) is 0 Å². The second kappa shape index (κ2) is 6.51. The van der Waals surface area contributed by atoms with Gasteiger partial charge in [0.1, 0.15) is 0 Å². The van der Waals surface area contributed by atoms with Gasteiger partial charge in [0.05, 0.1) is 12.5 Å². The van der Waals surface area contributed by atoms with E-state index in [4.69, 9.17) is 4.52 Å². The van der Waals surface area contributed by atoms with Crippen LogP contribution in [0, 0.1) is 11.8 Å². The van der Waals surface area contributed by atoms with Crippen molar-refractivity contribution in [1.29, 1.82) is 0 Å². The fraction of sp³-hybridized carbons (Fsp3) is 0.867. The van der Waals surface area contributed by atoms with Crippen LogP contribution in [0.5, 0.6) is 0 Å². The lowest BCUT2D eigenvalue weighted by Crippen LogP contribution is -2.14. The van der Waals surface area contributed by atoms with E-state index in [-0.39, 0.29) is 6.10 Å². The first-order chi connectivity index (χ1) is 9.04. The van der Waals surface area contributed by atoms with Crippen molar-refractivity contribution in [2.24, 2.45) is 11.8 Å². The van der Waals surface area contributed by atoms with E-state index in [0.717, 1.165) is 31.0 Å². The second-order valence-electron chi connectivity index (χ2n) is 6.50. The average molecular weight is 266 g/mol. The maximum atomic E-state index is 9.91. The van der Waals surface area contributed by atoms with Crippen molar-refractivity contribution in [3.05, 3.63) is 11.7 Å². The monoisotopic (exact) mass is 266 g/mol. The lowest BCUT2D eigenvalue weighted by molar-refractivity contribution is 0.138. The van der Waals surface area contributed by atoms with Crippen LogP contribution in [0.2, 0.25) is 0 Å². The molecule has 0 bridgehead atoms. The summed E-state index contributed by atoms with van der Waals surface area (Å²) in [6, 6.07) is 0. The molecule has 19 heavy (non-hydrogen) atoms. The highest BCUT2D eigenvalue weighted by atomic mass is 16.5. The molecule has 1 N–H and O–H groups in total. The SMILES string of the molecule is CC(C)CC(O)Cc1nc(C2CCCC(C)C2)no1. The van der Waals surface area contributed by atoms with Gasteiger partial charge in [0.15, 0.2) is 5.82 Å².